The molecule has 1 saturated carbocycles. The van der Waals surface area contributed by atoms with E-state index < -0.39 is 5.60 Å². The first kappa shape index (κ1) is 13.5. The lowest BCUT2D eigenvalue weighted by Gasteiger charge is -2.26. The number of nitrogens with one attached hydrogen (secondary N) is 1. The van der Waals surface area contributed by atoms with Crippen LogP contribution in [0.3, 0.4) is 0 Å². The lowest BCUT2D eigenvalue weighted by molar-refractivity contribution is 0.0255. The first-order chi connectivity index (χ1) is 8.68. The zero-order valence-corrected chi connectivity index (χ0v) is 11.1. The van der Waals surface area contributed by atoms with Crippen LogP contribution in [0.15, 0.2) is 4.52 Å². The molecule has 0 bridgehead atoms. The van der Waals surface area contributed by atoms with Crippen molar-refractivity contribution in [1.29, 1.82) is 0 Å². The minimum absolute atomic E-state index is 0.513. The molecular formula is C13H23N3O2. The van der Waals surface area contributed by atoms with Crippen LogP contribution in [0.1, 0.15) is 50.2 Å². The Hall–Kier alpha value is -0.940. The fraction of sp³-hybridized carbons (Fsp3) is 0.846. The molecule has 2 N–H and O–H groups in total. The maximum atomic E-state index is 10.4. The number of aromatic nitrogens is 2. The number of hydrogen-bond acceptors (Lipinski definition) is 5. The molecule has 0 radical (unpaired) electrons. The van der Waals surface area contributed by atoms with Crippen LogP contribution in [-0.4, -0.2) is 33.9 Å². The van der Waals surface area contributed by atoms with Gasteiger partial charge in [0.25, 0.3) is 0 Å². The monoisotopic (exact) mass is 253 g/mol. The average molecular weight is 253 g/mol. The minimum atomic E-state index is -0.513. The lowest BCUT2D eigenvalue weighted by Crippen LogP contribution is -2.40. The van der Waals surface area contributed by atoms with Crippen LogP contribution in [0.4, 0.5) is 0 Å². The third-order valence-electron chi connectivity index (χ3n) is 3.57. The molecule has 0 aliphatic heterocycles. The van der Waals surface area contributed by atoms with Gasteiger partial charge in [-0.15, -0.1) is 0 Å². The Morgan fingerprint density at radius 1 is 1.28 bits per heavy atom. The Labute approximate surface area is 108 Å². The summed E-state index contributed by atoms with van der Waals surface area (Å²) >= 11 is 0. The molecule has 1 aliphatic rings. The summed E-state index contributed by atoms with van der Waals surface area (Å²) in [6, 6.07) is 0. The summed E-state index contributed by atoms with van der Waals surface area (Å²) < 4.78 is 5.04. The van der Waals surface area contributed by atoms with Gasteiger partial charge >= 0.3 is 0 Å². The van der Waals surface area contributed by atoms with Gasteiger partial charge in [0.2, 0.25) is 5.89 Å². The second-order valence-corrected chi connectivity index (χ2v) is 5.30. The van der Waals surface area contributed by atoms with Crippen LogP contribution in [0.5, 0.6) is 0 Å². The fourth-order valence-electron chi connectivity index (χ4n) is 2.52. The van der Waals surface area contributed by atoms with Gasteiger partial charge in [-0.2, -0.15) is 4.98 Å². The predicted molar refractivity (Wildman–Crippen MR) is 68.3 cm³/mol. The van der Waals surface area contributed by atoms with Crippen molar-refractivity contribution in [3.63, 3.8) is 0 Å². The Balaban J connectivity index is 1.67. The van der Waals surface area contributed by atoms with Crippen molar-refractivity contribution in [2.45, 2.75) is 57.5 Å². The molecule has 0 atom stereocenters. The SMILES string of the molecule is Cc1noc(CCNCC2(O)CCCCCC2)n1. The van der Waals surface area contributed by atoms with E-state index in [9.17, 15) is 5.11 Å². The molecule has 1 fully saturated rings. The van der Waals surface area contributed by atoms with E-state index in [0.29, 0.717) is 18.3 Å². The predicted octanol–water partition coefficient (Wildman–Crippen LogP) is 1.60. The fourth-order valence-corrected chi connectivity index (χ4v) is 2.52. The van der Waals surface area contributed by atoms with Crippen LogP contribution >= 0.6 is 0 Å². The highest BCUT2D eigenvalue weighted by Gasteiger charge is 2.27. The zero-order valence-electron chi connectivity index (χ0n) is 11.1. The molecule has 0 amide bonds. The quantitative estimate of drug-likeness (QED) is 0.616. The highest BCUT2D eigenvalue weighted by molar-refractivity contribution is 4.86. The van der Waals surface area contributed by atoms with Gasteiger partial charge < -0.3 is 14.9 Å². The van der Waals surface area contributed by atoms with E-state index in [4.69, 9.17) is 4.52 Å². The highest BCUT2D eigenvalue weighted by Crippen LogP contribution is 2.26. The summed E-state index contributed by atoms with van der Waals surface area (Å²) in [5.41, 5.74) is -0.513. The van der Waals surface area contributed by atoms with Gasteiger partial charge in [-0.05, 0) is 19.8 Å². The second-order valence-electron chi connectivity index (χ2n) is 5.30. The number of aryl methyl sites for hydroxylation is 1. The first-order valence-electron chi connectivity index (χ1n) is 6.90. The van der Waals surface area contributed by atoms with Gasteiger partial charge in [0.05, 0.1) is 5.60 Å². The van der Waals surface area contributed by atoms with Crippen molar-refractivity contribution < 1.29 is 9.63 Å². The molecule has 0 aromatic carbocycles. The highest BCUT2D eigenvalue weighted by atomic mass is 16.5. The Morgan fingerprint density at radius 2 is 2.00 bits per heavy atom. The molecule has 102 valence electrons. The van der Waals surface area contributed by atoms with Gasteiger partial charge in [-0.1, -0.05) is 30.8 Å². The molecule has 1 aliphatic carbocycles. The lowest BCUT2D eigenvalue weighted by atomic mass is 9.94. The molecular weight excluding hydrogens is 230 g/mol. The smallest absolute Gasteiger partial charge is 0.227 e. The second kappa shape index (κ2) is 6.29. The summed E-state index contributed by atoms with van der Waals surface area (Å²) in [6.07, 6.45) is 7.34. The van der Waals surface area contributed by atoms with E-state index >= 15 is 0 Å². The van der Waals surface area contributed by atoms with Crippen molar-refractivity contribution in [1.82, 2.24) is 15.5 Å². The van der Waals surface area contributed by atoms with E-state index in [1.807, 2.05) is 6.92 Å². The van der Waals surface area contributed by atoms with E-state index in [0.717, 1.165) is 38.6 Å². The van der Waals surface area contributed by atoms with Crippen molar-refractivity contribution in [2.75, 3.05) is 13.1 Å². The van der Waals surface area contributed by atoms with Gasteiger partial charge in [-0.3, -0.25) is 0 Å². The topological polar surface area (TPSA) is 71.2 Å². The molecule has 0 unspecified atom stereocenters. The molecule has 1 aromatic heterocycles. The van der Waals surface area contributed by atoms with Crippen molar-refractivity contribution in [3.05, 3.63) is 11.7 Å². The molecule has 5 heteroatoms. The Kier molecular flexibility index (Phi) is 4.72. The normalized spacial score (nSPS) is 19.7. The summed E-state index contributed by atoms with van der Waals surface area (Å²) in [4.78, 5) is 4.15. The zero-order chi connectivity index (χ0) is 12.8. The van der Waals surface area contributed by atoms with E-state index in [-0.39, 0.29) is 0 Å². The maximum Gasteiger partial charge on any atom is 0.227 e. The number of rotatable bonds is 5. The standard InChI is InChI=1S/C13H23N3O2/c1-11-15-12(18-16-11)6-9-14-10-13(17)7-4-2-3-5-8-13/h14,17H,2-10H2,1H3. The molecule has 18 heavy (non-hydrogen) atoms. The Bertz CT molecular complexity index is 357. The van der Waals surface area contributed by atoms with Crippen molar-refractivity contribution >= 4 is 0 Å². The van der Waals surface area contributed by atoms with Gasteiger partial charge in [0, 0.05) is 19.5 Å². The average Bonchev–Trinajstić information content (AvgIpc) is 2.63. The van der Waals surface area contributed by atoms with Crippen LogP contribution in [0, 0.1) is 6.92 Å². The third kappa shape index (κ3) is 4.07. The van der Waals surface area contributed by atoms with E-state index in [1.165, 1.54) is 12.8 Å². The minimum Gasteiger partial charge on any atom is -0.389 e. The van der Waals surface area contributed by atoms with Gasteiger partial charge in [-0.25, -0.2) is 0 Å². The molecule has 1 heterocycles. The molecule has 5 nitrogen and oxygen atoms in total. The van der Waals surface area contributed by atoms with Crippen molar-refractivity contribution in [3.8, 4) is 0 Å². The summed E-state index contributed by atoms with van der Waals surface area (Å²) in [7, 11) is 0. The maximum absolute atomic E-state index is 10.4. The summed E-state index contributed by atoms with van der Waals surface area (Å²) in [5.74, 6) is 1.33. The molecule has 2 rings (SSSR count). The number of nitrogens with zero attached hydrogens (tertiary/aromatic N) is 2. The molecule has 1 aromatic rings. The van der Waals surface area contributed by atoms with E-state index in [2.05, 4.69) is 15.5 Å². The van der Waals surface area contributed by atoms with Crippen LogP contribution < -0.4 is 5.32 Å². The Morgan fingerprint density at radius 3 is 2.61 bits per heavy atom. The first-order valence-corrected chi connectivity index (χ1v) is 6.90. The summed E-state index contributed by atoms with van der Waals surface area (Å²) in [6.45, 7) is 3.25. The van der Waals surface area contributed by atoms with E-state index in [1.54, 1.807) is 0 Å². The van der Waals surface area contributed by atoms with Gasteiger partial charge in [0.15, 0.2) is 5.82 Å². The molecule has 0 saturated heterocycles. The number of aliphatic hydroxyl groups is 1. The van der Waals surface area contributed by atoms with Crippen LogP contribution in [0.2, 0.25) is 0 Å². The molecule has 0 spiro atoms. The largest absolute Gasteiger partial charge is 0.389 e. The van der Waals surface area contributed by atoms with Crippen LogP contribution in [0.25, 0.3) is 0 Å². The van der Waals surface area contributed by atoms with Gasteiger partial charge in [0.1, 0.15) is 0 Å². The summed E-state index contributed by atoms with van der Waals surface area (Å²) in [5, 5.41) is 17.5. The number of hydrogen-bond donors (Lipinski definition) is 2. The third-order valence-corrected chi connectivity index (χ3v) is 3.57. The van der Waals surface area contributed by atoms with Crippen molar-refractivity contribution in [2.24, 2.45) is 0 Å². The van der Waals surface area contributed by atoms with Crippen LogP contribution in [-0.2, 0) is 6.42 Å².